The van der Waals surface area contributed by atoms with Gasteiger partial charge in [0.1, 0.15) is 0 Å². The number of nitrogens with zero attached hydrogens (tertiary/aromatic N) is 1. The minimum absolute atomic E-state index is 0.0269. The van der Waals surface area contributed by atoms with Crippen LogP contribution in [-0.4, -0.2) is 44.1 Å². The SMILES string of the molecule is COC(=O)CCCS(=O)(=O)N1CC(C)CC1C. The minimum Gasteiger partial charge on any atom is -0.469 e. The third-order valence-corrected chi connectivity index (χ3v) is 5.12. The Morgan fingerprint density at radius 3 is 2.53 bits per heavy atom. The molecule has 5 nitrogen and oxygen atoms in total. The van der Waals surface area contributed by atoms with Gasteiger partial charge in [-0.2, -0.15) is 4.31 Å². The molecule has 100 valence electrons. The number of esters is 1. The molecule has 2 unspecified atom stereocenters. The fraction of sp³-hybridized carbons (Fsp3) is 0.909. The second-order valence-corrected chi connectivity index (χ2v) is 6.80. The van der Waals surface area contributed by atoms with E-state index < -0.39 is 10.0 Å². The van der Waals surface area contributed by atoms with Crippen LogP contribution in [0.25, 0.3) is 0 Å². The highest BCUT2D eigenvalue weighted by molar-refractivity contribution is 7.89. The van der Waals surface area contributed by atoms with Crippen LogP contribution < -0.4 is 0 Å². The maximum absolute atomic E-state index is 12.0. The molecule has 6 heteroatoms. The molecule has 0 aromatic carbocycles. The number of ether oxygens (including phenoxy) is 1. The molecule has 1 rings (SSSR count). The van der Waals surface area contributed by atoms with Crippen LogP contribution in [0.1, 0.15) is 33.1 Å². The molecule has 1 aliphatic heterocycles. The van der Waals surface area contributed by atoms with Gasteiger partial charge >= 0.3 is 5.97 Å². The Morgan fingerprint density at radius 1 is 1.41 bits per heavy atom. The maximum atomic E-state index is 12.0. The molecular formula is C11H21NO4S. The number of rotatable bonds is 5. The number of methoxy groups -OCH3 is 1. The number of sulfonamides is 1. The van der Waals surface area contributed by atoms with E-state index in [1.807, 2.05) is 6.92 Å². The summed E-state index contributed by atoms with van der Waals surface area (Å²) >= 11 is 0. The van der Waals surface area contributed by atoms with Crippen molar-refractivity contribution >= 4 is 16.0 Å². The summed E-state index contributed by atoms with van der Waals surface area (Å²) in [5.41, 5.74) is 0. The Bertz CT molecular complexity index is 366. The van der Waals surface area contributed by atoms with Crippen LogP contribution in [0, 0.1) is 5.92 Å². The number of carbonyl (C=O) groups is 1. The van der Waals surface area contributed by atoms with E-state index in [0.29, 0.717) is 18.9 Å². The summed E-state index contributed by atoms with van der Waals surface area (Å²) in [6.45, 7) is 4.59. The third-order valence-electron chi connectivity index (χ3n) is 3.09. The van der Waals surface area contributed by atoms with Crippen LogP contribution in [-0.2, 0) is 19.6 Å². The summed E-state index contributed by atoms with van der Waals surface area (Å²) in [6.07, 6.45) is 1.40. The second kappa shape index (κ2) is 5.82. The van der Waals surface area contributed by atoms with E-state index in [-0.39, 0.29) is 24.2 Å². The first-order valence-electron chi connectivity index (χ1n) is 5.93. The van der Waals surface area contributed by atoms with E-state index in [9.17, 15) is 13.2 Å². The van der Waals surface area contributed by atoms with Crippen LogP contribution >= 0.6 is 0 Å². The van der Waals surface area contributed by atoms with Crippen molar-refractivity contribution in [3.05, 3.63) is 0 Å². The van der Waals surface area contributed by atoms with Gasteiger partial charge in [-0.1, -0.05) is 6.92 Å². The molecule has 1 aliphatic rings. The van der Waals surface area contributed by atoms with Gasteiger partial charge in [-0.15, -0.1) is 0 Å². The van der Waals surface area contributed by atoms with Gasteiger partial charge in [0.2, 0.25) is 10.0 Å². The standard InChI is InChI=1S/C11H21NO4S/c1-9-7-10(2)12(8-9)17(14,15)6-4-5-11(13)16-3/h9-10H,4-8H2,1-3H3. The van der Waals surface area contributed by atoms with Crippen molar-refractivity contribution in [1.29, 1.82) is 0 Å². The van der Waals surface area contributed by atoms with Crippen molar-refractivity contribution in [1.82, 2.24) is 4.31 Å². The first-order valence-corrected chi connectivity index (χ1v) is 7.54. The Kier molecular flexibility index (Phi) is 4.94. The Balaban J connectivity index is 2.49. The van der Waals surface area contributed by atoms with Gasteiger partial charge < -0.3 is 4.74 Å². The molecule has 0 bridgehead atoms. The van der Waals surface area contributed by atoms with Gasteiger partial charge in [-0.25, -0.2) is 8.42 Å². The van der Waals surface area contributed by atoms with Gasteiger partial charge in [0, 0.05) is 19.0 Å². The topological polar surface area (TPSA) is 63.7 Å². The summed E-state index contributed by atoms with van der Waals surface area (Å²) in [5, 5.41) is 0. The highest BCUT2D eigenvalue weighted by Gasteiger charge is 2.34. The third kappa shape index (κ3) is 3.96. The smallest absolute Gasteiger partial charge is 0.305 e. The molecule has 0 amide bonds. The zero-order valence-electron chi connectivity index (χ0n) is 10.7. The zero-order valence-corrected chi connectivity index (χ0v) is 11.5. The Morgan fingerprint density at radius 2 is 2.06 bits per heavy atom. The highest BCUT2D eigenvalue weighted by Crippen LogP contribution is 2.25. The number of hydrogen-bond donors (Lipinski definition) is 0. The molecular weight excluding hydrogens is 242 g/mol. The molecule has 0 aromatic rings. The second-order valence-electron chi connectivity index (χ2n) is 4.76. The Labute approximate surface area is 103 Å². The maximum Gasteiger partial charge on any atom is 0.305 e. The molecule has 1 heterocycles. The van der Waals surface area contributed by atoms with Crippen LogP contribution in [0.5, 0.6) is 0 Å². The van der Waals surface area contributed by atoms with Gasteiger partial charge in [-0.3, -0.25) is 4.79 Å². The van der Waals surface area contributed by atoms with Crippen molar-refractivity contribution in [2.75, 3.05) is 19.4 Å². The van der Waals surface area contributed by atoms with Crippen molar-refractivity contribution in [3.63, 3.8) is 0 Å². The number of hydrogen-bond acceptors (Lipinski definition) is 4. The lowest BCUT2D eigenvalue weighted by atomic mass is 10.1. The van der Waals surface area contributed by atoms with Crippen molar-refractivity contribution in [2.24, 2.45) is 5.92 Å². The molecule has 0 spiro atoms. The molecule has 0 radical (unpaired) electrons. The van der Waals surface area contributed by atoms with E-state index >= 15 is 0 Å². The Hall–Kier alpha value is -0.620. The van der Waals surface area contributed by atoms with E-state index in [2.05, 4.69) is 11.7 Å². The van der Waals surface area contributed by atoms with Gasteiger partial charge in [0.25, 0.3) is 0 Å². The van der Waals surface area contributed by atoms with E-state index in [4.69, 9.17) is 0 Å². The van der Waals surface area contributed by atoms with E-state index in [1.165, 1.54) is 7.11 Å². The van der Waals surface area contributed by atoms with E-state index in [0.717, 1.165) is 6.42 Å². The summed E-state index contributed by atoms with van der Waals surface area (Å²) in [5.74, 6) is 0.0857. The predicted molar refractivity (Wildman–Crippen MR) is 65.0 cm³/mol. The quantitative estimate of drug-likeness (QED) is 0.694. The van der Waals surface area contributed by atoms with Gasteiger partial charge in [0.15, 0.2) is 0 Å². The monoisotopic (exact) mass is 263 g/mol. The fourth-order valence-electron chi connectivity index (χ4n) is 2.27. The average molecular weight is 263 g/mol. The normalized spacial score (nSPS) is 26.1. The lowest BCUT2D eigenvalue weighted by molar-refractivity contribution is -0.140. The highest BCUT2D eigenvalue weighted by atomic mass is 32.2. The molecule has 0 saturated carbocycles. The molecule has 1 fully saturated rings. The summed E-state index contributed by atoms with van der Waals surface area (Å²) in [6, 6.07) is 0.0770. The largest absolute Gasteiger partial charge is 0.469 e. The molecule has 0 aliphatic carbocycles. The summed E-state index contributed by atoms with van der Waals surface area (Å²) < 4.78 is 30.1. The minimum atomic E-state index is -3.22. The molecule has 1 saturated heterocycles. The fourth-order valence-corrected chi connectivity index (χ4v) is 4.13. The predicted octanol–water partition coefficient (Wildman–Crippen LogP) is 1.000. The average Bonchev–Trinajstić information content (AvgIpc) is 2.58. The molecule has 0 N–H and O–H groups in total. The van der Waals surface area contributed by atoms with Crippen LogP contribution in [0.15, 0.2) is 0 Å². The lowest BCUT2D eigenvalue weighted by Crippen LogP contribution is -2.35. The first kappa shape index (κ1) is 14.4. The molecule has 2 atom stereocenters. The summed E-state index contributed by atoms with van der Waals surface area (Å²) in [7, 11) is -1.91. The van der Waals surface area contributed by atoms with Gasteiger partial charge in [-0.05, 0) is 25.7 Å². The lowest BCUT2D eigenvalue weighted by Gasteiger charge is -2.20. The summed E-state index contributed by atoms with van der Waals surface area (Å²) in [4.78, 5) is 10.9. The van der Waals surface area contributed by atoms with Gasteiger partial charge in [0.05, 0.1) is 12.9 Å². The number of carbonyl (C=O) groups excluding carboxylic acids is 1. The van der Waals surface area contributed by atoms with Crippen molar-refractivity contribution in [3.8, 4) is 0 Å². The van der Waals surface area contributed by atoms with Crippen molar-refractivity contribution < 1.29 is 17.9 Å². The molecule has 17 heavy (non-hydrogen) atoms. The van der Waals surface area contributed by atoms with Crippen LogP contribution in [0.2, 0.25) is 0 Å². The molecule has 0 aromatic heterocycles. The van der Waals surface area contributed by atoms with Crippen LogP contribution in [0.3, 0.4) is 0 Å². The zero-order chi connectivity index (χ0) is 13.1. The first-order chi connectivity index (χ1) is 7.86. The van der Waals surface area contributed by atoms with Crippen molar-refractivity contribution in [2.45, 2.75) is 39.2 Å². The van der Waals surface area contributed by atoms with E-state index in [1.54, 1.807) is 4.31 Å². The van der Waals surface area contributed by atoms with Crippen LogP contribution in [0.4, 0.5) is 0 Å².